The molecule has 0 aliphatic rings. The lowest BCUT2D eigenvalue weighted by molar-refractivity contribution is -0.117. The minimum absolute atomic E-state index is 0.263. The first kappa shape index (κ1) is 20.9. The Hall–Kier alpha value is -3.83. The summed E-state index contributed by atoms with van der Waals surface area (Å²) in [6.45, 7) is 0.297. The maximum Gasteiger partial charge on any atom is 0.241 e. The number of hydrogen-bond acceptors (Lipinski definition) is 6. The van der Waals surface area contributed by atoms with Crippen LogP contribution in [0.3, 0.4) is 0 Å². The fourth-order valence-electron chi connectivity index (χ4n) is 2.73. The average Bonchev–Trinajstić information content (AvgIpc) is 2.75. The zero-order valence-electron chi connectivity index (χ0n) is 16.3. The Kier molecular flexibility index (Phi) is 7.03. The molecule has 0 fully saturated rings. The highest BCUT2D eigenvalue weighted by molar-refractivity contribution is 6.35. The van der Waals surface area contributed by atoms with Gasteiger partial charge in [0.05, 0.1) is 12.6 Å². The quantitative estimate of drug-likeness (QED) is 0.340. The van der Waals surface area contributed by atoms with Gasteiger partial charge in [-0.05, 0) is 35.6 Å². The van der Waals surface area contributed by atoms with Gasteiger partial charge in [-0.15, -0.1) is 6.42 Å². The number of carbonyl (C=O) groups is 1. The summed E-state index contributed by atoms with van der Waals surface area (Å²) in [6.07, 6.45) is 7.20. The summed E-state index contributed by atoms with van der Waals surface area (Å²) in [6, 6.07) is 16.2. The van der Waals surface area contributed by atoms with Gasteiger partial charge in [-0.2, -0.15) is 4.98 Å². The number of nitrogens with one attached hydrogen (secondary N) is 3. The first-order chi connectivity index (χ1) is 14.5. The lowest BCUT2D eigenvalue weighted by Crippen LogP contribution is -2.37. The van der Waals surface area contributed by atoms with Crippen molar-refractivity contribution in [3.8, 4) is 12.3 Å². The maximum atomic E-state index is 12.4. The zero-order chi connectivity index (χ0) is 21.3. The molecule has 0 aliphatic carbocycles. The molecule has 1 amide bonds. The van der Waals surface area contributed by atoms with Crippen molar-refractivity contribution in [3.05, 3.63) is 66.4 Å². The Balaban J connectivity index is 1.64. The molecule has 2 radical (unpaired) electrons. The second-order valence-corrected chi connectivity index (χ2v) is 6.55. The smallest absolute Gasteiger partial charge is 0.241 e. The van der Waals surface area contributed by atoms with Crippen LogP contribution in [0.2, 0.25) is 0 Å². The van der Waals surface area contributed by atoms with Crippen LogP contribution >= 0.6 is 0 Å². The summed E-state index contributed by atoms with van der Waals surface area (Å²) in [5.74, 6) is 2.99. The molecule has 1 unspecified atom stereocenters. The van der Waals surface area contributed by atoms with E-state index in [2.05, 4.69) is 31.8 Å². The molecule has 0 spiro atoms. The topological polar surface area (TPSA) is 105 Å². The summed E-state index contributed by atoms with van der Waals surface area (Å²) < 4.78 is 0. The molecule has 1 heterocycles. The summed E-state index contributed by atoms with van der Waals surface area (Å²) in [5.41, 5.74) is 8.74. The van der Waals surface area contributed by atoms with E-state index in [9.17, 15) is 4.79 Å². The predicted molar refractivity (Wildman–Crippen MR) is 121 cm³/mol. The third-order valence-corrected chi connectivity index (χ3v) is 4.20. The van der Waals surface area contributed by atoms with Crippen molar-refractivity contribution in [2.24, 2.45) is 5.73 Å². The third kappa shape index (κ3) is 5.83. The summed E-state index contributed by atoms with van der Waals surface area (Å²) in [7, 11) is 5.84. The van der Waals surface area contributed by atoms with Gasteiger partial charge in [0.1, 0.15) is 13.7 Å². The minimum atomic E-state index is -0.658. The van der Waals surface area contributed by atoms with Crippen molar-refractivity contribution < 1.29 is 4.79 Å². The predicted octanol–water partition coefficient (Wildman–Crippen LogP) is 1.57. The van der Waals surface area contributed by atoms with Crippen LogP contribution in [-0.2, 0) is 11.2 Å². The first-order valence-corrected chi connectivity index (χ1v) is 9.32. The van der Waals surface area contributed by atoms with Gasteiger partial charge in [0.25, 0.3) is 0 Å². The molecule has 0 aliphatic heterocycles. The number of aromatic nitrogens is 2. The highest BCUT2D eigenvalue weighted by atomic mass is 16.2. The third-order valence-electron chi connectivity index (χ3n) is 4.20. The van der Waals surface area contributed by atoms with Gasteiger partial charge in [0, 0.05) is 17.6 Å². The molecule has 8 heteroatoms. The second kappa shape index (κ2) is 10.1. The second-order valence-electron chi connectivity index (χ2n) is 6.55. The van der Waals surface area contributed by atoms with E-state index in [4.69, 9.17) is 20.0 Å². The molecular formula is C22H21BN6O. The molecule has 0 saturated heterocycles. The van der Waals surface area contributed by atoms with E-state index in [1.165, 1.54) is 6.20 Å². The van der Waals surface area contributed by atoms with E-state index < -0.39 is 6.04 Å². The molecular weight excluding hydrogens is 375 g/mol. The Morgan fingerprint density at radius 1 is 1.17 bits per heavy atom. The monoisotopic (exact) mass is 396 g/mol. The lowest BCUT2D eigenvalue weighted by Gasteiger charge is -2.14. The summed E-state index contributed by atoms with van der Waals surface area (Å²) >= 11 is 0. The molecule has 0 bridgehead atoms. The van der Waals surface area contributed by atoms with Crippen LogP contribution in [0.25, 0.3) is 0 Å². The Morgan fingerprint density at radius 3 is 2.70 bits per heavy atom. The minimum Gasteiger partial charge on any atom is -0.359 e. The SMILES string of the molecule is [B]c1cnc(Nc2cccc(NC(=O)C(N)Cc3ccccc3)c2)nc1NCC#C. The van der Waals surface area contributed by atoms with Gasteiger partial charge in [0.15, 0.2) is 0 Å². The van der Waals surface area contributed by atoms with E-state index in [0.717, 1.165) is 5.56 Å². The fraction of sp³-hybridized carbons (Fsp3) is 0.136. The average molecular weight is 396 g/mol. The molecule has 30 heavy (non-hydrogen) atoms. The van der Waals surface area contributed by atoms with Gasteiger partial charge >= 0.3 is 0 Å². The molecule has 1 aromatic heterocycles. The van der Waals surface area contributed by atoms with Crippen molar-refractivity contribution in [2.75, 3.05) is 22.5 Å². The van der Waals surface area contributed by atoms with Crippen molar-refractivity contribution >= 4 is 42.4 Å². The number of nitrogens with two attached hydrogens (primary N) is 1. The number of carbonyl (C=O) groups excluding carboxylic acids is 1. The van der Waals surface area contributed by atoms with Gasteiger partial charge in [-0.1, -0.05) is 42.3 Å². The number of amides is 1. The molecule has 148 valence electrons. The Bertz CT molecular complexity index is 1050. The summed E-state index contributed by atoms with van der Waals surface area (Å²) in [5, 5.41) is 8.85. The van der Waals surface area contributed by atoms with Crippen molar-refractivity contribution in [3.63, 3.8) is 0 Å². The molecule has 3 aromatic rings. The van der Waals surface area contributed by atoms with Gasteiger partial charge in [-0.25, -0.2) is 4.98 Å². The van der Waals surface area contributed by atoms with Gasteiger partial charge < -0.3 is 21.7 Å². The van der Waals surface area contributed by atoms with Gasteiger partial charge in [0.2, 0.25) is 11.9 Å². The van der Waals surface area contributed by atoms with Crippen LogP contribution in [0.15, 0.2) is 60.8 Å². The van der Waals surface area contributed by atoms with E-state index in [1.807, 2.05) is 36.4 Å². The van der Waals surface area contributed by atoms with Crippen LogP contribution in [0, 0.1) is 12.3 Å². The number of terminal acetylenes is 1. The van der Waals surface area contributed by atoms with Crippen molar-refractivity contribution in [1.29, 1.82) is 0 Å². The maximum absolute atomic E-state index is 12.4. The zero-order valence-corrected chi connectivity index (χ0v) is 16.3. The van der Waals surface area contributed by atoms with Gasteiger partial charge in [-0.3, -0.25) is 4.79 Å². The van der Waals surface area contributed by atoms with Crippen LogP contribution in [0.1, 0.15) is 5.56 Å². The number of anilines is 4. The molecule has 0 saturated carbocycles. The normalized spacial score (nSPS) is 11.2. The van der Waals surface area contributed by atoms with Crippen LogP contribution in [0.5, 0.6) is 0 Å². The molecule has 2 aromatic carbocycles. The Morgan fingerprint density at radius 2 is 1.93 bits per heavy atom. The van der Waals surface area contributed by atoms with E-state index in [-0.39, 0.29) is 5.91 Å². The molecule has 7 nitrogen and oxygen atoms in total. The lowest BCUT2D eigenvalue weighted by atomic mass is 9.99. The largest absolute Gasteiger partial charge is 0.359 e. The Labute approximate surface area is 176 Å². The number of rotatable bonds is 8. The number of hydrogen-bond donors (Lipinski definition) is 4. The standard InChI is InChI=1S/C22H21BN6O/c1-2-11-25-20-18(23)14-26-22(29-20)28-17-10-6-9-16(13-17)27-21(30)19(24)12-15-7-4-3-5-8-15/h1,3-10,13-14,19H,11-12,24H2,(H,27,30)(H2,25,26,28,29). The van der Waals surface area contributed by atoms with E-state index in [0.29, 0.717) is 41.6 Å². The first-order valence-electron chi connectivity index (χ1n) is 9.32. The van der Waals surface area contributed by atoms with Crippen LogP contribution in [0.4, 0.5) is 23.1 Å². The number of nitrogens with zero attached hydrogens (tertiary/aromatic N) is 2. The highest BCUT2D eigenvalue weighted by Gasteiger charge is 2.14. The summed E-state index contributed by atoms with van der Waals surface area (Å²) in [4.78, 5) is 20.9. The number of benzene rings is 2. The molecule has 1 atom stereocenters. The van der Waals surface area contributed by atoms with E-state index >= 15 is 0 Å². The van der Waals surface area contributed by atoms with Crippen LogP contribution in [-0.4, -0.2) is 36.3 Å². The fourth-order valence-corrected chi connectivity index (χ4v) is 2.73. The van der Waals surface area contributed by atoms with E-state index in [1.54, 1.807) is 18.2 Å². The molecule has 3 rings (SSSR count). The van der Waals surface area contributed by atoms with Crippen molar-refractivity contribution in [2.45, 2.75) is 12.5 Å². The molecule has 5 N–H and O–H groups in total. The highest BCUT2D eigenvalue weighted by Crippen LogP contribution is 2.19. The van der Waals surface area contributed by atoms with Crippen LogP contribution < -0.4 is 27.1 Å². The van der Waals surface area contributed by atoms with Crippen molar-refractivity contribution in [1.82, 2.24) is 9.97 Å².